The number of carbonyl (C=O) groups is 2. The van der Waals surface area contributed by atoms with Crippen molar-refractivity contribution in [3.63, 3.8) is 0 Å². The summed E-state index contributed by atoms with van der Waals surface area (Å²) in [5.74, 6) is -1.25. The van der Waals surface area contributed by atoms with Crippen LogP contribution in [-0.2, 0) is 20.9 Å². The maximum Gasteiger partial charge on any atom is 0.331 e. The summed E-state index contributed by atoms with van der Waals surface area (Å²) < 4.78 is 5.12. The lowest BCUT2D eigenvalue weighted by molar-refractivity contribution is -0.139. The van der Waals surface area contributed by atoms with Crippen molar-refractivity contribution >= 4 is 24.1 Å². The van der Waals surface area contributed by atoms with Gasteiger partial charge in [0.25, 0.3) is 0 Å². The SMILES string of the molecule is O=C(C=Cc1ccccc1)OCc1ccccc1.O=C(O)C=Cc1ccccc1. The van der Waals surface area contributed by atoms with Crippen LogP contribution in [0.3, 0.4) is 0 Å². The van der Waals surface area contributed by atoms with E-state index in [0.717, 1.165) is 22.8 Å². The molecule has 0 aliphatic rings. The lowest BCUT2D eigenvalue weighted by Gasteiger charge is -2.01. The molecule has 0 radical (unpaired) electrons. The predicted molar refractivity (Wildman–Crippen MR) is 115 cm³/mol. The molecule has 0 atom stereocenters. The molecule has 0 spiro atoms. The minimum Gasteiger partial charge on any atom is -0.478 e. The van der Waals surface area contributed by atoms with Gasteiger partial charge in [0.1, 0.15) is 6.61 Å². The number of rotatable bonds is 6. The van der Waals surface area contributed by atoms with E-state index >= 15 is 0 Å². The minimum absolute atomic E-state index is 0.304. The Morgan fingerprint density at radius 3 is 1.62 bits per heavy atom. The molecule has 0 fully saturated rings. The molecule has 0 heterocycles. The van der Waals surface area contributed by atoms with Crippen LogP contribution < -0.4 is 0 Å². The van der Waals surface area contributed by atoms with Gasteiger partial charge in [-0.1, -0.05) is 91.0 Å². The van der Waals surface area contributed by atoms with Gasteiger partial charge in [0.05, 0.1) is 0 Å². The first-order chi connectivity index (χ1) is 14.1. The van der Waals surface area contributed by atoms with Gasteiger partial charge in [-0.2, -0.15) is 0 Å². The predicted octanol–water partition coefficient (Wildman–Crippen LogP) is 5.23. The maximum absolute atomic E-state index is 11.5. The Kier molecular flexibility index (Phi) is 9.19. The fraction of sp³-hybridized carbons (Fsp3) is 0.0400. The van der Waals surface area contributed by atoms with Crippen LogP contribution in [0, 0.1) is 0 Å². The molecule has 3 aromatic carbocycles. The van der Waals surface area contributed by atoms with Crippen LogP contribution in [0.15, 0.2) is 103 Å². The van der Waals surface area contributed by atoms with Gasteiger partial charge in [-0.15, -0.1) is 0 Å². The van der Waals surface area contributed by atoms with Crippen LogP contribution in [0.25, 0.3) is 12.2 Å². The second-order valence-corrected chi connectivity index (χ2v) is 5.92. The summed E-state index contributed by atoms with van der Waals surface area (Å²) in [6.45, 7) is 0.304. The van der Waals surface area contributed by atoms with Crippen molar-refractivity contribution in [1.29, 1.82) is 0 Å². The summed E-state index contributed by atoms with van der Waals surface area (Å²) >= 11 is 0. The third kappa shape index (κ3) is 9.54. The highest BCUT2D eigenvalue weighted by Gasteiger charge is 1.97. The maximum atomic E-state index is 11.5. The lowest BCUT2D eigenvalue weighted by Crippen LogP contribution is -2.00. The second-order valence-electron chi connectivity index (χ2n) is 5.92. The molecule has 3 aromatic rings. The molecule has 29 heavy (non-hydrogen) atoms. The van der Waals surface area contributed by atoms with Crippen molar-refractivity contribution < 1.29 is 19.4 Å². The summed E-state index contributed by atoms with van der Waals surface area (Å²) in [5, 5.41) is 8.29. The minimum atomic E-state index is -0.922. The fourth-order valence-corrected chi connectivity index (χ4v) is 2.24. The van der Waals surface area contributed by atoms with Crippen molar-refractivity contribution in [3.05, 3.63) is 120 Å². The van der Waals surface area contributed by atoms with E-state index in [1.54, 1.807) is 12.2 Å². The molecule has 0 amide bonds. The molecule has 3 rings (SSSR count). The summed E-state index contributed by atoms with van der Waals surface area (Å²) in [7, 11) is 0. The molecule has 0 aromatic heterocycles. The molecule has 0 bridgehead atoms. The first-order valence-corrected chi connectivity index (χ1v) is 9.03. The molecule has 0 saturated carbocycles. The van der Waals surface area contributed by atoms with Crippen LogP contribution in [0.4, 0.5) is 0 Å². The van der Waals surface area contributed by atoms with Crippen molar-refractivity contribution in [3.8, 4) is 0 Å². The van der Waals surface area contributed by atoms with E-state index in [-0.39, 0.29) is 5.97 Å². The Morgan fingerprint density at radius 1 is 0.690 bits per heavy atom. The van der Waals surface area contributed by atoms with E-state index in [9.17, 15) is 9.59 Å². The van der Waals surface area contributed by atoms with E-state index in [1.807, 2.05) is 91.0 Å². The van der Waals surface area contributed by atoms with Crippen LogP contribution in [0.1, 0.15) is 16.7 Å². The van der Waals surface area contributed by atoms with Gasteiger partial charge in [-0.05, 0) is 28.8 Å². The third-order valence-corrected chi connectivity index (χ3v) is 3.65. The van der Waals surface area contributed by atoms with Crippen molar-refractivity contribution in [2.75, 3.05) is 0 Å². The zero-order chi connectivity index (χ0) is 20.7. The van der Waals surface area contributed by atoms with Gasteiger partial charge < -0.3 is 9.84 Å². The first kappa shape index (κ1) is 21.4. The summed E-state index contributed by atoms with van der Waals surface area (Å²) in [5.41, 5.74) is 2.86. The molecule has 146 valence electrons. The van der Waals surface area contributed by atoms with Crippen LogP contribution >= 0.6 is 0 Å². The van der Waals surface area contributed by atoms with Gasteiger partial charge in [-0.3, -0.25) is 0 Å². The topological polar surface area (TPSA) is 63.6 Å². The molecule has 4 nitrogen and oxygen atoms in total. The zero-order valence-corrected chi connectivity index (χ0v) is 15.8. The number of carboxylic acid groups (broad SMARTS) is 1. The van der Waals surface area contributed by atoms with Crippen LogP contribution in [0.2, 0.25) is 0 Å². The molecular formula is C25H22O4. The van der Waals surface area contributed by atoms with E-state index in [0.29, 0.717) is 6.61 Å². The van der Waals surface area contributed by atoms with Crippen LogP contribution in [0.5, 0.6) is 0 Å². The number of hydrogen-bond acceptors (Lipinski definition) is 3. The van der Waals surface area contributed by atoms with E-state index < -0.39 is 5.97 Å². The monoisotopic (exact) mass is 386 g/mol. The average Bonchev–Trinajstić information content (AvgIpc) is 2.77. The van der Waals surface area contributed by atoms with Gasteiger partial charge >= 0.3 is 11.9 Å². The molecule has 1 N–H and O–H groups in total. The van der Waals surface area contributed by atoms with E-state index in [1.165, 1.54) is 6.08 Å². The molecule has 0 aliphatic carbocycles. The molecule has 0 saturated heterocycles. The zero-order valence-electron chi connectivity index (χ0n) is 15.8. The second kappa shape index (κ2) is 12.5. The van der Waals surface area contributed by atoms with Gasteiger partial charge in [0, 0.05) is 12.2 Å². The molecule has 0 aliphatic heterocycles. The smallest absolute Gasteiger partial charge is 0.331 e. The van der Waals surface area contributed by atoms with Gasteiger partial charge in [-0.25, -0.2) is 9.59 Å². The number of esters is 1. The lowest BCUT2D eigenvalue weighted by atomic mass is 10.2. The van der Waals surface area contributed by atoms with Crippen molar-refractivity contribution in [2.24, 2.45) is 0 Å². The Balaban J connectivity index is 0.000000234. The number of carboxylic acids is 1. The number of hydrogen-bond donors (Lipinski definition) is 1. The Bertz CT molecular complexity index is 930. The summed E-state index contributed by atoms with van der Waals surface area (Å²) in [6, 6.07) is 28.6. The van der Waals surface area contributed by atoms with Crippen molar-refractivity contribution in [2.45, 2.75) is 6.61 Å². The average molecular weight is 386 g/mol. The third-order valence-electron chi connectivity index (χ3n) is 3.65. The van der Waals surface area contributed by atoms with E-state index in [4.69, 9.17) is 9.84 Å². The highest BCUT2D eigenvalue weighted by Crippen LogP contribution is 2.04. The number of aliphatic carboxylic acids is 1. The standard InChI is InChI=1S/C16H14O2.C9H8O2/c17-16(12-11-14-7-3-1-4-8-14)18-13-15-9-5-2-6-10-15;10-9(11)7-6-8-4-2-1-3-5-8/h1-12H,13H2;1-7H,(H,10,11). The summed E-state index contributed by atoms with van der Waals surface area (Å²) in [4.78, 5) is 21.6. The van der Waals surface area contributed by atoms with Gasteiger partial charge in [0.2, 0.25) is 0 Å². The van der Waals surface area contributed by atoms with Crippen LogP contribution in [-0.4, -0.2) is 17.0 Å². The highest BCUT2D eigenvalue weighted by molar-refractivity contribution is 5.87. The summed E-state index contributed by atoms with van der Waals surface area (Å²) in [6.07, 6.45) is 5.86. The number of carbonyl (C=O) groups excluding carboxylic acids is 1. The Hall–Kier alpha value is -3.92. The van der Waals surface area contributed by atoms with E-state index in [2.05, 4.69) is 0 Å². The molecule has 4 heteroatoms. The van der Waals surface area contributed by atoms with Gasteiger partial charge in [0.15, 0.2) is 0 Å². The van der Waals surface area contributed by atoms with Crippen molar-refractivity contribution in [1.82, 2.24) is 0 Å². The number of ether oxygens (including phenoxy) is 1. The first-order valence-electron chi connectivity index (χ1n) is 9.03. The quantitative estimate of drug-likeness (QED) is 0.465. The fourth-order valence-electron chi connectivity index (χ4n) is 2.24. The number of benzene rings is 3. The largest absolute Gasteiger partial charge is 0.478 e. The molecule has 0 unspecified atom stereocenters. The normalized spacial score (nSPS) is 10.3. The Morgan fingerprint density at radius 2 is 1.14 bits per heavy atom. The molecular weight excluding hydrogens is 364 g/mol. The highest BCUT2D eigenvalue weighted by atomic mass is 16.5. The Labute approximate surface area is 170 Å².